The lowest BCUT2D eigenvalue weighted by Crippen LogP contribution is -2.51. The molecule has 2 unspecified atom stereocenters. The quantitative estimate of drug-likeness (QED) is 0.366. The minimum Gasteiger partial charge on any atom is -0.508 e. The van der Waals surface area contributed by atoms with Crippen LogP contribution < -0.4 is 15.0 Å². The van der Waals surface area contributed by atoms with Crippen molar-refractivity contribution >= 4 is 27.5 Å². The first-order valence-electron chi connectivity index (χ1n) is 12.7. The first-order chi connectivity index (χ1) is 18.5. The summed E-state index contributed by atoms with van der Waals surface area (Å²) in [4.78, 5) is 20.1. The van der Waals surface area contributed by atoms with E-state index in [2.05, 4.69) is 25.2 Å². The van der Waals surface area contributed by atoms with E-state index in [-0.39, 0.29) is 29.6 Å². The number of aromatic hydroxyl groups is 1. The van der Waals surface area contributed by atoms with Crippen LogP contribution in [-0.4, -0.2) is 54.8 Å². The van der Waals surface area contributed by atoms with Crippen LogP contribution in [0.25, 0.3) is 32.9 Å². The molecule has 2 atom stereocenters. The molecule has 2 fully saturated rings. The number of rotatable bonds is 5. The number of fused-ring (bicyclic) bond motifs is 4. The van der Waals surface area contributed by atoms with E-state index in [1.54, 1.807) is 24.8 Å². The number of hydrogen-bond acceptors (Lipinski definition) is 8. The summed E-state index contributed by atoms with van der Waals surface area (Å²) in [6.45, 7) is 1.74. The van der Waals surface area contributed by atoms with Gasteiger partial charge in [-0.1, -0.05) is 24.3 Å². The van der Waals surface area contributed by atoms with Gasteiger partial charge in [-0.2, -0.15) is 9.97 Å². The van der Waals surface area contributed by atoms with Crippen LogP contribution in [0.3, 0.4) is 0 Å². The minimum absolute atomic E-state index is 0.0415. The molecule has 2 saturated heterocycles. The fraction of sp³-hybridized carbons (Fsp3) is 0.286. The zero-order valence-electron chi connectivity index (χ0n) is 20.8. The highest BCUT2D eigenvalue weighted by Gasteiger charge is 2.34. The molecule has 5 aromatic rings. The summed E-state index contributed by atoms with van der Waals surface area (Å²) < 4.78 is 24.2. The summed E-state index contributed by atoms with van der Waals surface area (Å²) in [6.07, 6.45) is 7.26. The Balaban J connectivity index is 1.38. The predicted octanol–water partition coefficient (Wildman–Crippen LogP) is 3.94. The molecule has 7 rings (SSSR count). The predicted molar refractivity (Wildman–Crippen MR) is 142 cm³/mol. The summed E-state index contributed by atoms with van der Waals surface area (Å²) >= 11 is 0. The van der Waals surface area contributed by atoms with E-state index in [0.717, 1.165) is 42.4 Å². The van der Waals surface area contributed by atoms with Crippen LogP contribution in [0.1, 0.15) is 18.5 Å². The van der Waals surface area contributed by atoms with Gasteiger partial charge >= 0.3 is 6.01 Å². The Morgan fingerprint density at radius 1 is 1.08 bits per heavy atom. The highest BCUT2D eigenvalue weighted by atomic mass is 19.1. The van der Waals surface area contributed by atoms with E-state index in [4.69, 9.17) is 9.72 Å². The number of aromatic nitrogens is 5. The number of halogens is 1. The van der Waals surface area contributed by atoms with Crippen LogP contribution in [-0.2, 0) is 13.7 Å². The van der Waals surface area contributed by atoms with Crippen LogP contribution in [0.4, 0.5) is 10.2 Å². The van der Waals surface area contributed by atoms with Crippen LogP contribution >= 0.6 is 0 Å². The molecule has 2 aromatic carbocycles. The lowest BCUT2D eigenvalue weighted by molar-refractivity contribution is 0.273. The van der Waals surface area contributed by atoms with E-state index in [1.165, 1.54) is 6.07 Å². The van der Waals surface area contributed by atoms with E-state index in [9.17, 15) is 5.11 Å². The maximum Gasteiger partial charge on any atom is 0.319 e. The Morgan fingerprint density at radius 2 is 1.89 bits per heavy atom. The van der Waals surface area contributed by atoms with Gasteiger partial charge < -0.3 is 24.6 Å². The van der Waals surface area contributed by atoms with Gasteiger partial charge in [-0.15, -0.1) is 0 Å². The highest BCUT2D eigenvalue weighted by molar-refractivity contribution is 5.99. The summed E-state index contributed by atoms with van der Waals surface area (Å²) in [5.74, 6) is 0.0809. The Bertz CT molecular complexity index is 1680. The van der Waals surface area contributed by atoms with Gasteiger partial charge in [0, 0.05) is 44.0 Å². The van der Waals surface area contributed by atoms with Crippen LogP contribution in [0.2, 0.25) is 0 Å². The first-order valence-corrected chi connectivity index (χ1v) is 12.7. The molecule has 3 aromatic heterocycles. The number of ether oxygens (including phenoxy) is 1. The van der Waals surface area contributed by atoms with Crippen molar-refractivity contribution in [1.82, 2.24) is 29.8 Å². The zero-order valence-corrected chi connectivity index (χ0v) is 20.8. The third-order valence-corrected chi connectivity index (χ3v) is 7.53. The Labute approximate surface area is 217 Å². The van der Waals surface area contributed by atoms with Crippen molar-refractivity contribution in [1.29, 1.82) is 0 Å². The van der Waals surface area contributed by atoms with Gasteiger partial charge in [-0.3, -0.25) is 4.98 Å². The standard InChI is InChI=1S/C28H26FN7O2/c1-35-15-30-10-19(35)14-38-28-33-26-23(27(34-28)36-12-17-6-7-18(13-36)32-17)11-31-25(24(26)29)22-9-20(37)8-16-4-2-3-5-21(16)22/h2-5,8-11,15,17-18,32,37H,6-7,12-14H2,1H3. The average Bonchev–Trinajstić information content (AvgIpc) is 3.50. The molecule has 0 spiro atoms. The monoisotopic (exact) mass is 511 g/mol. The fourth-order valence-corrected chi connectivity index (χ4v) is 5.64. The molecular formula is C28H26FN7O2. The van der Waals surface area contributed by atoms with Gasteiger partial charge in [0.05, 0.1) is 23.6 Å². The topological polar surface area (TPSA) is 101 Å². The number of nitrogens with one attached hydrogen (secondary N) is 1. The second kappa shape index (κ2) is 8.91. The average molecular weight is 512 g/mol. The molecule has 2 aliphatic rings. The zero-order chi connectivity index (χ0) is 25.8. The fourth-order valence-electron chi connectivity index (χ4n) is 5.64. The lowest BCUT2D eigenvalue weighted by Gasteiger charge is -2.34. The number of anilines is 1. The van der Waals surface area contributed by atoms with E-state index in [1.807, 2.05) is 35.9 Å². The minimum atomic E-state index is -0.578. The third kappa shape index (κ3) is 3.88. The van der Waals surface area contributed by atoms with E-state index < -0.39 is 5.82 Å². The molecule has 192 valence electrons. The molecule has 0 radical (unpaired) electrons. The summed E-state index contributed by atoms with van der Waals surface area (Å²) in [5.41, 5.74) is 1.60. The SMILES string of the molecule is Cn1cncc1COc1nc(N2CC3CCC(C2)N3)c2cnc(-c3cc(O)cc4ccccc34)c(F)c2n1. The molecule has 2 bridgehead atoms. The normalized spacial score (nSPS) is 18.9. The maximum atomic E-state index is 16.4. The van der Waals surface area contributed by atoms with Crippen molar-refractivity contribution in [2.75, 3.05) is 18.0 Å². The number of phenols is 1. The molecular weight excluding hydrogens is 485 g/mol. The van der Waals surface area contributed by atoms with Crippen LogP contribution in [0, 0.1) is 5.82 Å². The Hall–Kier alpha value is -4.31. The summed E-state index contributed by atoms with van der Waals surface area (Å²) in [7, 11) is 1.88. The van der Waals surface area contributed by atoms with E-state index in [0.29, 0.717) is 28.9 Å². The van der Waals surface area contributed by atoms with Gasteiger partial charge in [0.15, 0.2) is 5.82 Å². The van der Waals surface area contributed by atoms with Crippen molar-refractivity contribution in [3.8, 4) is 23.0 Å². The van der Waals surface area contributed by atoms with Crippen molar-refractivity contribution in [3.05, 3.63) is 66.6 Å². The molecule has 5 heterocycles. The largest absolute Gasteiger partial charge is 0.508 e. The number of imidazole rings is 1. The molecule has 2 aliphatic heterocycles. The third-order valence-electron chi connectivity index (χ3n) is 7.53. The van der Waals surface area contributed by atoms with Gasteiger partial charge in [-0.05, 0) is 35.7 Å². The van der Waals surface area contributed by atoms with Crippen molar-refractivity contribution in [3.63, 3.8) is 0 Å². The number of pyridine rings is 1. The lowest BCUT2D eigenvalue weighted by atomic mass is 10.0. The van der Waals surface area contributed by atoms with E-state index >= 15 is 4.39 Å². The second-order valence-electron chi connectivity index (χ2n) is 10.1. The number of aryl methyl sites for hydroxylation is 1. The number of nitrogens with zero attached hydrogens (tertiary/aromatic N) is 6. The summed E-state index contributed by atoms with van der Waals surface area (Å²) in [5, 5.41) is 16.1. The number of phenolic OH excluding ortho intramolecular Hbond substituents is 1. The smallest absolute Gasteiger partial charge is 0.319 e. The molecule has 38 heavy (non-hydrogen) atoms. The Kier molecular flexibility index (Phi) is 5.36. The van der Waals surface area contributed by atoms with Gasteiger partial charge in [-0.25, -0.2) is 9.37 Å². The summed E-state index contributed by atoms with van der Waals surface area (Å²) in [6, 6.07) is 11.5. The van der Waals surface area contributed by atoms with Crippen LogP contribution in [0.15, 0.2) is 55.1 Å². The first kappa shape index (κ1) is 22.9. The highest BCUT2D eigenvalue weighted by Crippen LogP contribution is 2.37. The molecule has 0 saturated carbocycles. The maximum absolute atomic E-state index is 16.4. The van der Waals surface area contributed by atoms with Crippen LogP contribution in [0.5, 0.6) is 11.8 Å². The molecule has 10 heteroatoms. The molecule has 0 aliphatic carbocycles. The molecule has 9 nitrogen and oxygen atoms in total. The van der Waals surface area contributed by atoms with Gasteiger partial charge in [0.2, 0.25) is 0 Å². The second-order valence-corrected chi connectivity index (χ2v) is 10.1. The van der Waals surface area contributed by atoms with Crippen molar-refractivity contribution in [2.45, 2.75) is 31.5 Å². The molecule has 0 amide bonds. The van der Waals surface area contributed by atoms with Gasteiger partial charge in [0.25, 0.3) is 0 Å². The van der Waals surface area contributed by atoms with Crippen molar-refractivity contribution in [2.24, 2.45) is 7.05 Å². The van der Waals surface area contributed by atoms with Gasteiger partial charge in [0.1, 0.15) is 29.4 Å². The number of benzene rings is 2. The molecule has 2 N–H and O–H groups in total. The van der Waals surface area contributed by atoms with Crippen molar-refractivity contribution < 1.29 is 14.2 Å². The number of hydrogen-bond donors (Lipinski definition) is 2. The number of piperazine rings is 1. The Morgan fingerprint density at radius 3 is 2.68 bits per heavy atom.